The van der Waals surface area contributed by atoms with Crippen LogP contribution in [0, 0.1) is 11.2 Å². The molecule has 2 atom stereocenters. The van der Waals surface area contributed by atoms with E-state index in [9.17, 15) is 14.0 Å². The first-order chi connectivity index (χ1) is 12.5. The van der Waals surface area contributed by atoms with Gasteiger partial charge in [-0.25, -0.2) is 9.18 Å². The van der Waals surface area contributed by atoms with Crippen LogP contribution in [0.3, 0.4) is 0 Å². The molecule has 2 aliphatic heterocycles. The van der Waals surface area contributed by atoms with E-state index in [1.807, 2.05) is 0 Å². The van der Waals surface area contributed by atoms with Gasteiger partial charge in [-0.15, -0.1) is 0 Å². The van der Waals surface area contributed by atoms with E-state index in [2.05, 4.69) is 5.32 Å². The van der Waals surface area contributed by atoms with Crippen molar-refractivity contribution < 1.29 is 23.5 Å². The number of rotatable bonds is 3. The Bertz CT molecular complexity index is 958. The van der Waals surface area contributed by atoms with Crippen LogP contribution in [0.15, 0.2) is 42.5 Å². The molecule has 0 aliphatic carbocycles. The predicted octanol–water partition coefficient (Wildman–Crippen LogP) is 2.42. The molecule has 4 rings (SSSR count). The number of carbonyl (C=O) groups excluding carboxylic acids is 2. The summed E-state index contributed by atoms with van der Waals surface area (Å²) in [5, 5.41) is 10.7. The molecule has 0 saturated carbocycles. The summed E-state index contributed by atoms with van der Waals surface area (Å²) in [6.45, 7) is 1.77. The molecular formula is C19H15FN2O4. The van der Waals surface area contributed by atoms with Crippen LogP contribution in [0.5, 0.6) is 0 Å². The molecule has 0 bridgehead atoms. The molecule has 2 N–H and O–H groups in total. The fourth-order valence-corrected chi connectivity index (χ4v) is 3.58. The zero-order valence-electron chi connectivity index (χ0n) is 13.8. The van der Waals surface area contributed by atoms with Crippen molar-refractivity contribution in [2.75, 3.05) is 6.61 Å². The van der Waals surface area contributed by atoms with E-state index in [4.69, 9.17) is 14.9 Å². The number of esters is 1. The maximum atomic E-state index is 13.6. The van der Waals surface area contributed by atoms with Gasteiger partial charge in [0.2, 0.25) is 11.4 Å². The van der Waals surface area contributed by atoms with E-state index in [0.29, 0.717) is 16.7 Å². The zero-order chi connectivity index (χ0) is 18.5. The fraction of sp³-hybridized carbons (Fsp3) is 0.211. The van der Waals surface area contributed by atoms with Crippen LogP contribution in [0.2, 0.25) is 0 Å². The second kappa shape index (κ2) is 5.66. The van der Waals surface area contributed by atoms with E-state index < -0.39 is 29.3 Å². The van der Waals surface area contributed by atoms with Crippen molar-refractivity contribution in [1.29, 1.82) is 5.41 Å². The monoisotopic (exact) mass is 354 g/mol. The minimum Gasteiger partial charge on any atom is -0.466 e. The molecule has 0 saturated heterocycles. The number of halogens is 1. The van der Waals surface area contributed by atoms with Crippen molar-refractivity contribution in [2.45, 2.75) is 18.6 Å². The van der Waals surface area contributed by atoms with Gasteiger partial charge in [0.1, 0.15) is 5.82 Å². The van der Waals surface area contributed by atoms with Crippen LogP contribution in [0.25, 0.3) is 0 Å². The van der Waals surface area contributed by atoms with E-state index in [0.717, 1.165) is 0 Å². The quantitative estimate of drug-likeness (QED) is 0.829. The standard InChI is InChI=1S/C19H15FN2O4/c1-2-25-18(24)19(14-6-4-3-5-12(14)17(23)22-19)15-11-8-7-10(20)9-13(11)16(21)26-15/h3-9,15,21H,2H2,1H3,(H,22,23)/t15-,19-/m1/s1. The van der Waals surface area contributed by atoms with E-state index in [1.165, 1.54) is 18.2 Å². The molecule has 0 unspecified atom stereocenters. The van der Waals surface area contributed by atoms with Gasteiger partial charge in [0, 0.05) is 22.3 Å². The molecule has 0 spiro atoms. The summed E-state index contributed by atoms with van der Waals surface area (Å²) in [5.41, 5.74) is -0.192. The Morgan fingerprint density at radius 3 is 2.85 bits per heavy atom. The molecule has 2 aliphatic rings. The van der Waals surface area contributed by atoms with Crippen molar-refractivity contribution in [1.82, 2.24) is 5.32 Å². The number of amides is 1. The van der Waals surface area contributed by atoms with Gasteiger partial charge in [0.15, 0.2) is 6.10 Å². The Morgan fingerprint density at radius 2 is 2.08 bits per heavy atom. The maximum absolute atomic E-state index is 13.6. The summed E-state index contributed by atoms with van der Waals surface area (Å²) < 4.78 is 24.5. The molecule has 2 aromatic carbocycles. The molecule has 132 valence electrons. The van der Waals surface area contributed by atoms with Gasteiger partial charge in [-0.05, 0) is 25.1 Å². The summed E-state index contributed by atoms with van der Waals surface area (Å²) in [5.74, 6) is -1.89. The van der Waals surface area contributed by atoms with Gasteiger partial charge in [-0.2, -0.15) is 0 Å². The first-order valence-corrected chi connectivity index (χ1v) is 8.13. The van der Waals surface area contributed by atoms with Gasteiger partial charge in [0.25, 0.3) is 5.91 Å². The topological polar surface area (TPSA) is 88.5 Å². The summed E-state index contributed by atoms with van der Waals surface area (Å²) in [7, 11) is 0. The normalized spacial score (nSPS) is 23.1. The summed E-state index contributed by atoms with van der Waals surface area (Å²) >= 11 is 0. The highest BCUT2D eigenvalue weighted by Gasteiger charge is 2.59. The highest BCUT2D eigenvalue weighted by Crippen LogP contribution is 2.48. The van der Waals surface area contributed by atoms with Gasteiger partial charge in [-0.3, -0.25) is 10.2 Å². The number of hydrogen-bond donors (Lipinski definition) is 2. The molecular weight excluding hydrogens is 339 g/mol. The lowest BCUT2D eigenvalue weighted by atomic mass is 9.81. The Morgan fingerprint density at radius 1 is 1.31 bits per heavy atom. The lowest BCUT2D eigenvalue weighted by molar-refractivity contribution is -0.156. The molecule has 1 amide bonds. The van der Waals surface area contributed by atoms with Gasteiger partial charge in [-0.1, -0.05) is 24.3 Å². The molecule has 6 nitrogen and oxygen atoms in total. The van der Waals surface area contributed by atoms with Crippen LogP contribution in [-0.2, 0) is 19.8 Å². The third-order valence-electron chi connectivity index (χ3n) is 4.68. The Hall–Kier alpha value is -3.22. The highest BCUT2D eigenvalue weighted by molar-refractivity contribution is 6.07. The van der Waals surface area contributed by atoms with Crippen LogP contribution in [0.4, 0.5) is 4.39 Å². The van der Waals surface area contributed by atoms with E-state index in [-0.39, 0.29) is 18.1 Å². The van der Waals surface area contributed by atoms with Gasteiger partial charge < -0.3 is 14.8 Å². The van der Waals surface area contributed by atoms with Crippen LogP contribution in [0.1, 0.15) is 40.1 Å². The summed E-state index contributed by atoms with van der Waals surface area (Å²) in [4.78, 5) is 25.5. The number of benzene rings is 2. The molecule has 0 fully saturated rings. The van der Waals surface area contributed by atoms with Crippen LogP contribution in [-0.4, -0.2) is 24.4 Å². The van der Waals surface area contributed by atoms with Gasteiger partial charge >= 0.3 is 5.97 Å². The SMILES string of the molecule is CCOC(=O)[C@@]1([C@@H]2OC(=N)c3cc(F)ccc32)NC(=O)c2ccccc21. The Balaban J connectivity index is 1.95. The van der Waals surface area contributed by atoms with Gasteiger partial charge in [0.05, 0.1) is 6.61 Å². The number of ether oxygens (including phenoxy) is 2. The van der Waals surface area contributed by atoms with Crippen LogP contribution >= 0.6 is 0 Å². The van der Waals surface area contributed by atoms with Crippen molar-refractivity contribution in [3.63, 3.8) is 0 Å². The largest absolute Gasteiger partial charge is 0.466 e. The lowest BCUT2D eigenvalue weighted by Crippen LogP contribution is -2.52. The average molecular weight is 354 g/mol. The zero-order valence-corrected chi connectivity index (χ0v) is 13.8. The molecule has 0 aromatic heterocycles. The summed E-state index contributed by atoms with van der Waals surface area (Å²) in [6, 6.07) is 10.5. The number of carbonyl (C=O) groups is 2. The second-order valence-electron chi connectivity index (χ2n) is 6.09. The minimum absolute atomic E-state index is 0.110. The average Bonchev–Trinajstić information content (AvgIpc) is 3.11. The number of hydrogen-bond acceptors (Lipinski definition) is 5. The second-order valence-corrected chi connectivity index (χ2v) is 6.09. The maximum Gasteiger partial charge on any atom is 0.340 e. The van der Waals surface area contributed by atoms with Crippen molar-refractivity contribution in [3.05, 3.63) is 70.5 Å². The Labute approximate surface area is 148 Å². The van der Waals surface area contributed by atoms with E-state index >= 15 is 0 Å². The third-order valence-corrected chi connectivity index (χ3v) is 4.68. The third kappa shape index (κ3) is 2.06. The van der Waals surface area contributed by atoms with E-state index in [1.54, 1.807) is 31.2 Å². The number of fused-ring (bicyclic) bond motifs is 2. The highest BCUT2D eigenvalue weighted by atomic mass is 19.1. The minimum atomic E-state index is -1.64. The predicted molar refractivity (Wildman–Crippen MR) is 89.3 cm³/mol. The van der Waals surface area contributed by atoms with Crippen molar-refractivity contribution >= 4 is 17.8 Å². The molecule has 2 heterocycles. The number of nitrogens with one attached hydrogen (secondary N) is 2. The molecule has 26 heavy (non-hydrogen) atoms. The van der Waals surface area contributed by atoms with Crippen molar-refractivity contribution in [2.24, 2.45) is 0 Å². The first kappa shape index (κ1) is 16.3. The lowest BCUT2D eigenvalue weighted by Gasteiger charge is -2.33. The van der Waals surface area contributed by atoms with Crippen LogP contribution < -0.4 is 5.32 Å². The smallest absolute Gasteiger partial charge is 0.340 e. The molecule has 7 heteroatoms. The fourth-order valence-electron chi connectivity index (χ4n) is 3.58. The summed E-state index contributed by atoms with van der Waals surface area (Å²) in [6.07, 6.45) is -1.03. The molecule has 2 aromatic rings. The Kier molecular flexibility index (Phi) is 3.54. The molecule has 0 radical (unpaired) electrons. The first-order valence-electron chi connectivity index (χ1n) is 8.13. The van der Waals surface area contributed by atoms with Crippen molar-refractivity contribution in [3.8, 4) is 0 Å².